The van der Waals surface area contributed by atoms with Gasteiger partial charge < -0.3 is 0 Å². The van der Waals surface area contributed by atoms with Crippen molar-refractivity contribution in [1.29, 1.82) is 0 Å². The quantitative estimate of drug-likeness (QED) is 0.771. The summed E-state index contributed by atoms with van der Waals surface area (Å²) in [5.41, 5.74) is 1.54. The number of carbonyl (C=O) groups excluding carboxylic acids is 2. The lowest BCUT2D eigenvalue weighted by Gasteiger charge is -2.05. The van der Waals surface area contributed by atoms with Crippen molar-refractivity contribution in [2.45, 2.75) is 20.8 Å². The average Bonchev–Trinajstić information content (AvgIpc) is 2.49. The molecule has 0 saturated carbocycles. The molecule has 0 atom stereocenters. The van der Waals surface area contributed by atoms with Crippen molar-refractivity contribution < 1.29 is 9.59 Å². The van der Waals surface area contributed by atoms with E-state index in [4.69, 9.17) is 0 Å². The maximum atomic E-state index is 12.2. The Morgan fingerprint density at radius 1 is 0.737 bits per heavy atom. The Bertz CT molecular complexity index is 556. The van der Waals surface area contributed by atoms with Crippen LogP contribution >= 0.6 is 0 Å². The van der Waals surface area contributed by atoms with Gasteiger partial charge >= 0.3 is 0 Å². The zero-order valence-electron chi connectivity index (χ0n) is 11.5. The predicted molar refractivity (Wildman–Crippen MR) is 77.7 cm³/mol. The van der Waals surface area contributed by atoms with Gasteiger partial charge in [-0.3, -0.25) is 9.59 Å². The van der Waals surface area contributed by atoms with Gasteiger partial charge in [0.2, 0.25) is 0 Å². The summed E-state index contributed by atoms with van der Waals surface area (Å²) < 4.78 is 0. The number of Topliss-reactive ketones (excluding diaryl/α,β-unsaturated/α-hetero) is 1. The number of rotatable bonds is 3. The second-order valence-electron chi connectivity index (χ2n) is 3.80. The molecule has 0 amide bonds. The minimum atomic E-state index is -0.114. The van der Waals surface area contributed by atoms with Crippen LogP contribution in [0.5, 0.6) is 0 Å². The van der Waals surface area contributed by atoms with Gasteiger partial charge in [0, 0.05) is 16.7 Å². The van der Waals surface area contributed by atoms with Crippen molar-refractivity contribution in [2.24, 2.45) is 0 Å². The Labute approximate surface area is 114 Å². The van der Waals surface area contributed by atoms with Crippen molar-refractivity contribution in [3.63, 3.8) is 0 Å². The van der Waals surface area contributed by atoms with E-state index in [9.17, 15) is 9.59 Å². The molecule has 0 aromatic heterocycles. The molecule has 0 aliphatic carbocycles. The first-order valence-electron chi connectivity index (χ1n) is 6.40. The number of hydrogen-bond acceptors (Lipinski definition) is 2. The summed E-state index contributed by atoms with van der Waals surface area (Å²) >= 11 is 0. The van der Waals surface area contributed by atoms with Gasteiger partial charge in [-0.15, -0.1) is 0 Å². The van der Waals surface area contributed by atoms with Gasteiger partial charge in [-0.05, 0) is 6.92 Å². The molecule has 0 saturated heterocycles. The maximum Gasteiger partial charge on any atom is 0.193 e. The molecule has 0 spiro atoms. The zero-order valence-corrected chi connectivity index (χ0v) is 11.5. The molecule has 0 aliphatic heterocycles. The van der Waals surface area contributed by atoms with Crippen molar-refractivity contribution in [1.82, 2.24) is 0 Å². The van der Waals surface area contributed by atoms with E-state index in [1.807, 2.05) is 32.0 Å². The molecule has 0 N–H and O–H groups in total. The third kappa shape index (κ3) is 3.62. The lowest BCUT2D eigenvalue weighted by molar-refractivity contribution is 0.0990. The average molecular weight is 254 g/mol. The first-order chi connectivity index (χ1) is 9.20. The van der Waals surface area contributed by atoms with Crippen LogP contribution in [0.2, 0.25) is 0 Å². The second-order valence-corrected chi connectivity index (χ2v) is 3.80. The zero-order chi connectivity index (χ0) is 14.3. The van der Waals surface area contributed by atoms with Crippen LogP contribution in [-0.2, 0) is 0 Å². The summed E-state index contributed by atoms with van der Waals surface area (Å²) in [7, 11) is 0. The summed E-state index contributed by atoms with van der Waals surface area (Å²) in [5.74, 6) is -0.207. The number of hydrogen-bond donors (Lipinski definition) is 0. The molecule has 19 heavy (non-hydrogen) atoms. The first-order valence-corrected chi connectivity index (χ1v) is 6.40. The summed E-state index contributed by atoms with van der Waals surface area (Å²) in [6.45, 7) is 5.47. The summed E-state index contributed by atoms with van der Waals surface area (Å²) in [4.78, 5) is 23.7. The molecule has 0 fully saturated rings. The van der Waals surface area contributed by atoms with E-state index in [-0.39, 0.29) is 11.6 Å². The molecule has 0 unspecified atom stereocenters. The molecular weight excluding hydrogens is 236 g/mol. The lowest BCUT2D eigenvalue weighted by Crippen LogP contribution is -2.07. The maximum absolute atomic E-state index is 12.2. The van der Waals surface area contributed by atoms with Gasteiger partial charge in [-0.2, -0.15) is 0 Å². The van der Waals surface area contributed by atoms with Gasteiger partial charge in [0.1, 0.15) is 0 Å². The van der Waals surface area contributed by atoms with E-state index in [0.717, 1.165) is 0 Å². The van der Waals surface area contributed by atoms with E-state index in [0.29, 0.717) is 16.7 Å². The third-order valence-electron chi connectivity index (χ3n) is 2.59. The molecule has 2 aromatic carbocycles. The first kappa shape index (κ1) is 14.8. The Morgan fingerprint density at radius 3 is 1.74 bits per heavy atom. The number of ketones is 2. The molecule has 2 rings (SSSR count). The van der Waals surface area contributed by atoms with Gasteiger partial charge in [-0.25, -0.2) is 0 Å². The highest BCUT2D eigenvalue weighted by Crippen LogP contribution is 2.15. The Morgan fingerprint density at radius 2 is 1.21 bits per heavy atom. The smallest absolute Gasteiger partial charge is 0.193 e. The monoisotopic (exact) mass is 254 g/mol. The fraction of sp³-hybridized carbons (Fsp3) is 0.176. The molecule has 2 aromatic rings. The normalized spacial score (nSPS) is 9.21. The molecule has 98 valence electrons. The van der Waals surface area contributed by atoms with Crippen LogP contribution in [0.1, 0.15) is 47.1 Å². The highest BCUT2D eigenvalue weighted by molar-refractivity contribution is 6.15. The van der Waals surface area contributed by atoms with Crippen LogP contribution in [0.25, 0.3) is 0 Å². The van der Waals surface area contributed by atoms with Crippen LogP contribution in [0.3, 0.4) is 0 Å². The van der Waals surface area contributed by atoms with Gasteiger partial charge in [0.05, 0.1) is 0 Å². The van der Waals surface area contributed by atoms with Crippen LogP contribution in [0, 0.1) is 0 Å². The highest BCUT2D eigenvalue weighted by atomic mass is 16.1. The van der Waals surface area contributed by atoms with Crippen molar-refractivity contribution in [3.8, 4) is 0 Å². The van der Waals surface area contributed by atoms with Gasteiger partial charge in [0.15, 0.2) is 11.6 Å². The predicted octanol–water partition coefficient (Wildman–Crippen LogP) is 4.15. The van der Waals surface area contributed by atoms with Crippen LogP contribution in [0.15, 0.2) is 54.6 Å². The standard InChI is InChI=1S/C15H12O2.C2H6/c1-11(16)13-9-5-6-10-14(13)15(17)12-7-3-2-4-8-12;1-2/h2-10H,1H3;1-2H3. The van der Waals surface area contributed by atoms with Gasteiger partial charge in [0.25, 0.3) is 0 Å². The minimum absolute atomic E-state index is 0.0927. The Hall–Kier alpha value is -2.22. The molecule has 0 aliphatic rings. The largest absolute Gasteiger partial charge is 0.294 e. The number of carbonyl (C=O) groups is 2. The van der Waals surface area contributed by atoms with Crippen LogP contribution < -0.4 is 0 Å². The van der Waals surface area contributed by atoms with E-state index in [1.54, 1.807) is 36.4 Å². The minimum Gasteiger partial charge on any atom is -0.294 e. The van der Waals surface area contributed by atoms with Crippen molar-refractivity contribution >= 4 is 11.6 Å². The fourth-order valence-corrected chi connectivity index (χ4v) is 1.73. The molecule has 2 heteroatoms. The van der Waals surface area contributed by atoms with Crippen LogP contribution in [-0.4, -0.2) is 11.6 Å². The van der Waals surface area contributed by atoms with E-state index >= 15 is 0 Å². The lowest BCUT2D eigenvalue weighted by atomic mass is 9.97. The second kappa shape index (κ2) is 7.27. The van der Waals surface area contributed by atoms with E-state index < -0.39 is 0 Å². The summed E-state index contributed by atoms with van der Waals surface area (Å²) in [6, 6.07) is 15.9. The molecule has 2 nitrogen and oxygen atoms in total. The fourth-order valence-electron chi connectivity index (χ4n) is 1.73. The summed E-state index contributed by atoms with van der Waals surface area (Å²) in [5, 5.41) is 0. The SMILES string of the molecule is CC.CC(=O)c1ccccc1C(=O)c1ccccc1. The molecule has 0 heterocycles. The van der Waals surface area contributed by atoms with Crippen molar-refractivity contribution in [3.05, 3.63) is 71.3 Å². The van der Waals surface area contributed by atoms with Crippen LogP contribution in [0.4, 0.5) is 0 Å². The Balaban J connectivity index is 0.000000861. The summed E-state index contributed by atoms with van der Waals surface area (Å²) in [6.07, 6.45) is 0. The topological polar surface area (TPSA) is 34.1 Å². The number of benzene rings is 2. The van der Waals surface area contributed by atoms with Gasteiger partial charge in [-0.1, -0.05) is 68.4 Å². The van der Waals surface area contributed by atoms with Crippen molar-refractivity contribution in [2.75, 3.05) is 0 Å². The Kier molecular flexibility index (Phi) is 5.68. The van der Waals surface area contributed by atoms with E-state index in [1.165, 1.54) is 6.92 Å². The molecular formula is C17H18O2. The molecule has 0 radical (unpaired) electrons. The van der Waals surface area contributed by atoms with E-state index in [2.05, 4.69) is 0 Å². The molecule has 0 bridgehead atoms. The highest BCUT2D eigenvalue weighted by Gasteiger charge is 2.14. The third-order valence-corrected chi connectivity index (χ3v) is 2.59.